The summed E-state index contributed by atoms with van der Waals surface area (Å²) in [5, 5.41) is 10.4. The van der Waals surface area contributed by atoms with E-state index in [0.717, 1.165) is 74.9 Å². The normalized spacial score (nSPS) is 31.9. The molecule has 49 heavy (non-hydrogen) atoms. The number of aliphatic hydroxyl groups excluding tert-OH is 1. The molecule has 2 heterocycles. The van der Waals surface area contributed by atoms with Crippen molar-refractivity contribution >= 4 is 23.6 Å². The highest BCUT2D eigenvalue weighted by Crippen LogP contribution is 2.66. The number of carbonyl (C=O) groups excluding carboxylic acids is 2. The Balaban J connectivity index is 1.04. The molecule has 2 saturated carbocycles. The number of piperazine rings is 1. The van der Waals surface area contributed by atoms with Gasteiger partial charge in [-0.05, 0) is 138 Å². The lowest BCUT2D eigenvalue weighted by molar-refractivity contribution is -0.0238. The van der Waals surface area contributed by atoms with Crippen LogP contribution in [0.5, 0.6) is 0 Å². The third kappa shape index (κ3) is 7.44. The fourth-order valence-corrected chi connectivity index (χ4v) is 9.72. The maximum absolute atomic E-state index is 12.9. The number of anilines is 1. The number of aliphatic hydroxyl groups is 1. The molecule has 270 valence electrons. The van der Waals surface area contributed by atoms with Crippen LogP contribution in [0.25, 0.3) is 5.57 Å². The molecular weight excluding hydrogens is 616 g/mol. The lowest BCUT2D eigenvalue weighted by atomic mass is 9.47. The number of ether oxygens (including phenoxy) is 2. The van der Waals surface area contributed by atoms with Crippen LogP contribution in [-0.2, 0) is 9.47 Å². The Kier molecular flexibility index (Phi) is 9.77. The van der Waals surface area contributed by atoms with Gasteiger partial charge in [0, 0.05) is 45.5 Å². The number of amides is 2. The smallest absolute Gasteiger partial charge is 0.419 e. The third-order valence-electron chi connectivity index (χ3n) is 12.3. The molecule has 1 aromatic rings. The van der Waals surface area contributed by atoms with Crippen LogP contribution in [0.1, 0.15) is 106 Å². The molecule has 6 rings (SSSR count). The minimum absolute atomic E-state index is 0.156. The van der Waals surface area contributed by atoms with E-state index in [0.29, 0.717) is 18.4 Å². The second-order valence-electron chi connectivity index (χ2n) is 17.8. The molecule has 3 fully saturated rings. The molecule has 1 N–H and O–H groups in total. The summed E-state index contributed by atoms with van der Waals surface area (Å²) >= 11 is 0. The van der Waals surface area contributed by atoms with Crippen molar-refractivity contribution in [2.24, 2.45) is 28.6 Å². The summed E-state index contributed by atoms with van der Waals surface area (Å²) < 4.78 is 11.0. The standard InChI is InChI=1S/C40H60N4O5/c1-37(2,3)48-35(46)44(36(47)49-38(4,5)6)24-21-42-19-22-43(23-20-42)34-14-9-27(26-41-34)31-12-13-32-30-11-10-28-25-29(45)15-17-39(28,7)33(30)16-18-40(31,32)8/h9-10,12,14,26,29-30,32-33,45H,11,13,15-25H2,1-8H3/t29-,30-,32-,33-,39-,40+/m0/s1. The number of allylic oxidation sites excluding steroid dienone is 3. The second-order valence-corrected chi connectivity index (χ2v) is 17.8. The van der Waals surface area contributed by atoms with Gasteiger partial charge in [-0.25, -0.2) is 19.5 Å². The summed E-state index contributed by atoms with van der Waals surface area (Å²) in [6.45, 7) is 19.8. The van der Waals surface area contributed by atoms with Crippen LogP contribution < -0.4 is 4.90 Å². The van der Waals surface area contributed by atoms with Gasteiger partial charge in [0.1, 0.15) is 17.0 Å². The Bertz CT molecular complexity index is 1420. The van der Waals surface area contributed by atoms with E-state index in [1.54, 1.807) is 41.5 Å². The Hall–Kier alpha value is -2.91. The first-order valence-electron chi connectivity index (χ1n) is 18.7. The molecule has 0 spiro atoms. The number of fused-ring (bicyclic) bond motifs is 5. The predicted octanol–water partition coefficient (Wildman–Crippen LogP) is 7.69. The van der Waals surface area contributed by atoms with E-state index in [9.17, 15) is 14.7 Å². The van der Waals surface area contributed by atoms with Gasteiger partial charge in [0.25, 0.3) is 0 Å². The van der Waals surface area contributed by atoms with Gasteiger partial charge in [-0.15, -0.1) is 0 Å². The minimum Gasteiger partial charge on any atom is -0.443 e. The van der Waals surface area contributed by atoms with Crippen molar-refractivity contribution in [2.45, 2.75) is 118 Å². The number of pyridine rings is 1. The molecule has 1 aromatic heterocycles. The third-order valence-corrected chi connectivity index (χ3v) is 12.3. The van der Waals surface area contributed by atoms with Crippen LogP contribution in [0.3, 0.4) is 0 Å². The molecule has 9 nitrogen and oxygen atoms in total. The zero-order chi connectivity index (χ0) is 35.4. The summed E-state index contributed by atoms with van der Waals surface area (Å²) in [5.74, 6) is 3.09. The van der Waals surface area contributed by atoms with E-state index >= 15 is 0 Å². The molecule has 5 aliphatic rings. The van der Waals surface area contributed by atoms with Crippen molar-refractivity contribution in [3.63, 3.8) is 0 Å². The van der Waals surface area contributed by atoms with Crippen molar-refractivity contribution < 1.29 is 24.2 Å². The fraction of sp³-hybridized carbons (Fsp3) is 0.725. The van der Waals surface area contributed by atoms with Crippen LogP contribution in [-0.4, -0.2) is 88.7 Å². The molecular formula is C40H60N4O5. The second kappa shape index (κ2) is 13.3. The lowest BCUT2D eigenvalue weighted by Crippen LogP contribution is -2.51. The number of aromatic nitrogens is 1. The zero-order valence-corrected chi connectivity index (χ0v) is 31.3. The van der Waals surface area contributed by atoms with Crippen LogP contribution in [0.2, 0.25) is 0 Å². The molecule has 9 heteroatoms. The van der Waals surface area contributed by atoms with Crippen molar-refractivity contribution in [1.29, 1.82) is 0 Å². The van der Waals surface area contributed by atoms with Crippen molar-refractivity contribution in [3.8, 4) is 0 Å². The molecule has 2 amide bonds. The van der Waals surface area contributed by atoms with Crippen molar-refractivity contribution in [3.05, 3.63) is 41.6 Å². The number of hydrogen-bond donors (Lipinski definition) is 1. The number of hydrogen-bond acceptors (Lipinski definition) is 8. The molecule has 0 bridgehead atoms. The number of rotatable bonds is 5. The van der Waals surface area contributed by atoms with E-state index in [2.05, 4.69) is 54.1 Å². The van der Waals surface area contributed by atoms with Crippen LogP contribution >= 0.6 is 0 Å². The maximum atomic E-state index is 12.9. The molecule has 1 saturated heterocycles. The quantitative estimate of drug-likeness (QED) is 0.317. The average Bonchev–Trinajstić information content (AvgIpc) is 3.37. The monoisotopic (exact) mass is 676 g/mol. The zero-order valence-electron chi connectivity index (χ0n) is 31.3. The molecule has 4 aliphatic carbocycles. The molecule has 1 aliphatic heterocycles. The summed E-state index contributed by atoms with van der Waals surface area (Å²) in [4.78, 5) is 36.5. The van der Waals surface area contributed by atoms with E-state index in [1.165, 1.54) is 29.6 Å². The summed E-state index contributed by atoms with van der Waals surface area (Å²) in [6.07, 6.45) is 13.3. The molecule has 0 radical (unpaired) electrons. The summed E-state index contributed by atoms with van der Waals surface area (Å²) in [5.41, 5.74) is 3.29. The Morgan fingerprint density at radius 3 is 2.16 bits per heavy atom. The van der Waals surface area contributed by atoms with Crippen LogP contribution in [0.15, 0.2) is 36.1 Å². The lowest BCUT2D eigenvalue weighted by Gasteiger charge is -2.57. The van der Waals surface area contributed by atoms with Gasteiger partial charge < -0.3 is 19.5 Å². The maximum Gasteiger partial charge on any atom is 0.419 e. The summed E-state index contributed by atoms with van der Waals surface area (Å²) in [6, 6.07) is 4.47. The van der Waals surface area contributed by atoms with Gasteiger partial charge >= 0.3 is 12.2 Å². The number of imide groups is 1. The van der Waals surface area contributed by atoms with Gasteiger partial charge in [0.05, 0.1) is 6.10 Å². The molecule has 0 aromatic carbocycles. The van der Waals surface area contributed by atoms with Gasteiger partial charge in [-0.2, -0.15) is 0 Å². The fourth-order valence-electron chi connectivity index (χ4n) is 9.72. The Morgan fingerprint density at radius 2 is 1.55 bits per heavy atom. The van der Waals surface area contributed by atoms with E-state index in [1.807, 2.05) is 0 Å². The van der Waals surface area contributed by atoms with E-state index in [-0.39, 0.29) is 23.5 Å². The topological polar surface area (TPSA) is 95.4 Å². The number of nitrogens with zero attached hydrogens (tertiary/aromatic N) is 4. The first-order chi connectivity index (χ1) is 23.0. The summed E-state index contributed by atoms with van der Waals surface area (Å²) in [7, 11) is 0. The Morgan fingerprint density at radius 1 is 0.898 bits per heavy atom. The van der Waals surface area contributed by atoms with Gasteiger partial charge in [-0.3, -0.25) is 4.90 Å². The molecule has 6 atom stereocenters. The van der Waals surface area contributed by atoms with E-state index in [4.69, 9.17) is 14.5 Å². The highest BCUT2D eigenvalue weighted by atomic mass is 16.6. The van der Waals surface area contributed by atoms with E-state index < -0.39 is 23.4 Å². The largest absolute Gasteiger partial charge is 0.443 e. The highest BCUT2D eigenvalue weighted by Gasteiger charge is 2.56. The van der Waals surface area contributed by atoms with Crippen LogP contribution in [0, 0.1) is 28.6 Å². The molecule has 0 unspecified atom stereocenters. The van der Waals surface area contributed by atoms with Gasteiger partial charge in [0.15, 0.2) is 0 Å². The Labute approximate surface area is 294 Å². The minimum atomic E-state index is -0.713. The van der Waals surface area contributed by atoms with Crippen molar-refractivity contribution in [1.82, 2.24) is 14.8 Å². The average molecular weight is 677 g/mol. The highest BCUT2D eigenvalue weighted by molar-refractivity contribution is 5.88. The first kappa shape index (κ1) is 35.9. The van der Waals surface area contributed by atoms with Crippen molar-refractivity contribution in [2.75, 3.05) is 44.2 Å². The van der Waals surface area contributed by atoms with Gasteiger partial charge in [-0.1, -0.05) is 31.6 Å². The van der Waals surface area contributed by atoms with Crippen LogP contribution in [0.4, 0.5) is 15.4 Å². The van der Waals surface area contributed by atoms with Gasteiger partial charge in [0.2, 0.25) is 0 Å². The SMILES string of the molecule is CC(C)(C)OC(=O)N(CCN1CCN(c2ccc(C3=CC[C@H]4[C@@H]5CC=C6C[C@@H](O)CC[C@]6(C)[C@H]5CC[C@]34C)cn2)CC1)C(=O)OC(C)(C)C. The first-order valence-corrected chi connectivity index (χ1v) is 18.7. The predicted molar refractivity (Wildman–Crippen MR) is 193 cm³/mol. The number of carbonyl (C=O) groups is 2.